The van der Waals surface area contributed by atoms with Gasteiger partial charge in [-0.15, -0.1) is 0 Å². The van der Waals surface area contributed by atoms with Gasteiger partial charge in [0.15, 0.2) is 0 Å². The monoisotopic (exact) mass is 302 g/mol. The van der Waals surface area contributed by atoms with Gasteiger partial charge in [-0.3, -0.25) is 4.79 Å². The topological polar surface area (TPSA) is 70.9 Å². The molecule has 3 atom stereocenters. The van der Waals surface area contributed by atoms with Crippen LogP contribution < -0.4 is 10.2 Å². The molecule has 2 saturated carbocycles. The summed E-state index contributed by atoms with van der Waals surface area (Å²) in [5.41, 5.74) is 3.31. The Morgan fingerprint density at radius 2 is 2.32 bits per heavy atom. The normalized spacial score (nSPS) is 29.9. The van der Waals surface area contributed by atoms with Gasteiger partial charge in [-0.1, -0.05) is 19.8 Å². The van der Waals surface area contributed by atoms with Crippen LogP contribution in [-0.4, -0.2) is 24.3 Å². The van der Waals surface area contributed by atoms with Gasteiger partial charge in [0, 0.05) is 11.5 Å². The number of methoxy groups -OCH3 is 1. The average Bonchev–Trinajstić information content (AvgIpc) is 3.14. The first-order valence-corrected chi connectivity index (χ1v) is 7.76. The van der Waals surface area contributed by atoms with E-state index in [0.29, 0.717) is 17.2 Å². The maximum Gasteiger partial charge on any atom is 0.244 e. The molecule has 0 aromatic heterocycles. The number of amides is 1. The largest absolute Gasteiger partial charge is 0.507 e. The van der Waals surface area contributed by atoms with Crippen LogP contribution in [0, 0.1) is 17.3 Å². The number of rotatable bonds is 4. The molecule has 2 aliphatic carbocycles. The van der Waals surface area contributed by atoms with E-state index in [9.17, 15) is 9.90 Å². The molecule has 5 nitrogen and oxygen atoms in total. The predicted molar refractivity (Wildman–Crippen MR) is 84.0 cm³/mol. The lowest BCUT2D eigenvalue weighted by atomic mass is 9.90. The van der Waals surface area contributed by atoms with Crippen molar-refractivity contribution in [2.75, 3.05) is 7.11 Å². The third-order valence-electron chi connectivity index (χ3n) is 5.23. The van der Waals surface area contributed by atoms with Gasteiger partial charge in [-0.2, -0.15) is 5.10 Å². The first kappa shape index (κ1) is 14.9. The third-order valence-corrected chi connectivity index (χ3v) is 5.23. The zero-order valence-electron chi connectivity index (χ0n) is 13.0. The van der Waals surface area contributed by atoms with E-state index in [2.05, 4.69) is 17.5 Å². The molecule has 0 radical (unpaired) electrons. The summed E-state index contributed by atoms with van der Waals surface area (Å²) in [6.07, 6.45) is 6.18. The van der Waals surface area contributed by atoms with Gasteiger partial charge in [0.25, 0.3) is 0 Å². The Kier molecular flexibility index (Phi) is 3.81. The van der Waals surface area contributed by atoms with Gasteiger partial charge in [-0.25, -0.2) is 5.43 Å². The molecule has 5 heteroatoms. The van der Waals surface area contributed by atoms with Gasteiger partial charge in [-0.05, 0) is 42.4 Å². The Hall–Kier alpha value is -2.04. The molecule has 2 N–H and O–H groups in total. The maximum atomic E-state index is 12.3. The number of fused-ring (bicyclic) bond motifs is 1. The molecule has 1 amide bonds. The Morgan fingerprint density at radius 1 is 1.50 bits per heavy atom. The lowest BCUT2D eigenvalue weighted by Crippen LogP contribution is -2.22. The average molecular weight is 302 g/mol. The standard InChI is InChI=1S/C17H22N2O3/c1-17-8-4-3-5-13(17)15(17)16(21)19-18-10-11-9-12(22-2)6-7-14(11)20/h6-7,9-10,13,15,20H,3-5,8H2,1-2H3,(H,19,21). The van der Waals surface area contributed by atoms with Crippen LogP contribution in [-0.2, 0) is 4.79 Å². The lowest BCUT2D eigenvalue weighted by molar-refractivity contribution is -0.123. The van der Waals surface area contributed by atoms with Crippen LogP contribution in [0.5, 0.6) is 11.5 Å². The number of phenols is 1. The summed E-state index contributed by atoms with van der Waals surface area (Å²) in [5.74, 6) is 1.33. The number of carbonyl (C=O) groups is 1. The number of benzene rings is 1. The molecule has 118 valence electrons. The number of hydrazone groups is 1. The number of nitrogens with zero attached hydrogens (tertiary/aromatic N) is 1. The molecular weight excluding hydrogens is 280 g/mol. The summed E-state index contributed by atoms with van der Waals surface area (Å²) in [5, 5.41) is 13.8. The molecular formula is C17H22N2O3. The molecule has 3 unspecified atom stereocenters. The van der Waals surface area contributed by atoms with E-state index >= 15 is 0 Å². The first-order valence-electron chi connectivity index (χ1n) is 7.76. The van der Waals surface area contributed by atoms with Gasteiger partial charge in [0.1, 0.15) is 11.5 Å². The molecule has 1 aromatic rings. The number of hydrogen-bond donors (Lipinski definition) is 2. The number of carbonyl (C=O) groups excluding carboxylic acids is 1. The van der Waals surface area contributed by atoms with Crippen molar-refractivity contribution in [1.29, 1.82) is 0 Å². The van der Waals surface area contributed by atoms with E-state index in [0.717, 1.165) is 12.8 Å². The van der Waals surface area contributed by atoms with Crippen LogP contribution in [0.2, 0.25) is 0 Å². The highest BCUT2D eigenvalue weighted by Crippen LogP contribution is 2.66. The molecule has 2 aliphatic rings. The molecule has 1 aromatic carbocycles. The van der Waals surface area contributed by atoms with Crippen LogP contribution in [0.1, 0.15) is 38.2 Å². The van der Waals surface area contributed by atoms with Gasteiger partial charge in [0.05, 0.1) is 13.3 Å². The van der Waals surface area contributed by atoms with Crippen molar-refractivity contribution in [1.82, 2.24) is 5.43 Å². The highest BCUT2D eigenvalue weighted by molar-refractivity contribution is 5.87. The van der Waals surface area contributed by atoms with E-state index in [-0.39, 0.29) is 23.0 Å². The Bertz CT molecular complexity index is 614. The quantitative estimate of drug-likeness (QED) is 0.663. The van der Waals surface area contributed by atoms with E-state index in [4.69, 9.17) is 4.74 Å². The van der Waals surface area contributed by atoms with Crippen molar-refractivity contribution >= 4 is 12.1 Å². The molecule has 22 heavy (non-hydrogen) atoms. The van der Waals surface area contributed by atoms with Crippen LogP contribution in [0.4, 0.5) is 0 Å². The number of ether oxygens (including phenoxy) is 1. The molecule has 0 bridgehead atoms. The smallest absolute Gasteiger partial charge is 0.244 e. The summed E-state index contributed by atoms with van der Waals surface area (Å²) >= 11 is 0. The Morgan fingerprint density at radius 3 is 3.00 bits per heavy atom. The fourth-order valence-corrected chi connectivity index (χ4v) is 3.85. The van der Waals surface area contributed by atoms with Crippen LogP contribution in [0.3, 0.4) is 0 Å². The van der Waals surface area contributed by atoms with Crippen LogP contribution in [0.25, 0.3) is 0 Å². The number of nitrogens with one attached hydrogen (secondary N) is 1. The molecule has 0 spiro atoms. The zero-order valence-corrected chi connectivity index (χ0v) is 13.0. The molecule has 0 saturated heterocycles. The first-order chi connectivity index (χ1) is 10.6. The number of hydrogen-bond acceptors (Lipinski definition) is 4. The van der Waals surface area contributed by atoms with Crippen LogP contribution in [0.15, 0.2) is 23.3 Å². The Labute approximate surface area is 130 Å². The minimum Gasteiger partial charge on any atom is -0.507 e. The SMILES string of the molecule is COc1ccc(O)c(C=NNC(=O)C2C3CCCCC32C)c1. The minimum atomic E-state index is -0.00645. The van der Waals surface area contributed by atoms with E-state index in [1.807, 2.05) is 0 Å². The second-order valence-corrected chi connectivity index (χ2v) is 6.49. The van der Waals surface area contributed by atoms with Crippen molar-refractivity contribution in [3.05, 3.63) is 23.8 Å². The lowest BCUT2D eigenvalue weighted by Gasteiger charge is -2.15. The van der Waals surface area contributed by atoms with Crippen LogP contribution >= 0.6 is 0 Å². The highest BCUT2D eigenvalue weighted by atomic mass is 16.5. The Balaban J connectivity index is 1.62. The second kappa shape index (κ2) is 5.63. The molecule has 0 aliphatic heterocycles. The van der Waals surface area contributed by atoms with Crippen molar-refractivity contribution in [3.8, 4) is 11.5 Å². The summed E-state index contributed by atoms with van der Waals surface area (Å²) in [4.78, 5) is 12.3. The van der Waals surface area contributed by atoms with Crippen molar-refractivity contribution in [3.63, 3.8) is 0 Å². The van der Waals surface area contributed by atoms with Gasteiger partial charge in [0.2, 0.25) is 5.91 Å². The molecule has 2 fully saturated rings. The number of aromatic hydroxyl groups is 1. The van der Waals surface area contributed by atoms with E-state index in [1.54, 1.807) is 25.3 Å². The number of phenolic OH excluding ortho intramolecular Hbond substituents is 1. The molecule has 3 rings (SSSR count). The van der Waals surface area contributed by atoms with E-state index < -0.39 is 0 Å². The fourth-order valence-electron chi connectivity index (χ4n) is 3.85. The second-order valence-electron chi connectivity index (χ2n) is 6.49. The summed E-state index contributed by atoms with van der Waals surface area (Å²) in [7, 11) is 1.56. The minimum absolute atomic E-state index is 0.00645. The molecule has 0 heterocycles. The summed E-state index contributed by atoms with van der Waals surface area (Å²) < 4.78 is 5.10. The van der Waals surface area contributed by atoms with Crippen molar-refractivity contribution < 1.29 is 14.6 Å². The summed E-state index contributed by atoms with van der Waals surface area (Å²) in [6.45, 7) is 2.21. The van der Waals surface area contributed by atoms with Crippen molar-refractivity contribution in [2.45, 2.75) is 32.6 Å². The van der Waals surface area contributed by atoms with E-state index in [1.165, 1.54) is 19.1 Å². The summed E-state index contributed by atoms with van der Waals surface area (Å²) in [6, 6.07) is 4.88. The van der Waals surface area contributed by atoms with Gasteiger partial charge >= 0.3 is 0 Å². The zero-order chi connectivity index (χ0) is 15.7. The van der Waals surface area contributed by atoms with Crippen molar-refractivity contribution in [2.24, 2.45) is 22.4 Å². The highest BCUT2D eigenvalue weighted by Gasteiger charge is 2.64. The maximum absolute atomic E-state index is 12.3. The fraction of sp³-hybridized carbons (Fsp3) is 0.529. The van der Waals surface area contributed by atoms with Gasteiger partial charge < -0.3 is 9.84 Å². The predicted octanol–water partition coefficient (Wildman–Crippen LogP) is 2.68. The third kappa shape index (κ3) is 2.56.